The number of nitrogens with zero attached hydrogens (tertiary/aromatic N) is 5. The van der Waals surface area contributed by atoms with Crippen LogP contribution < -0.4 is 40.6 Å². The van der Waals surface area contributed by atoms with Crippen molar-refractivity contribution in [2.45, 2.75) is 82.5 Å². The first-order chi connectivity index (χ1) is 42.8. The molecule has 5 aromatic carbocycles. The molecule has 2 aliphatic rings. The fourth-order valence-corrected chi connectivity index (χ4v) is 13.3. The minimum atomic E-state index is -5.16. The summed E-state index contributed by atoms with van der Waals surface area (Å²) in [5.41, 5.74) is -1.61. The molecule has 2 unspecified atom stereocenters. The van der Waals surface area contributed by atoms with Crippen molar-refractivity contribution in [3.63, 3.8) is 0 Å². The van der Waals surface area contributed by atoms with Crippen molar-refractivity contribution in [1.29, 1.82) is 5.26 Å². The zero-order valence-electron chi connectivity index (χ0n) is 48.4. The topological polar surface area (TPSA) is 307 Å². The molecular weight excluding hydrogens is 1240 g/mol. The van der Waals surface area contributed by atoms with Crippen LogP contribution in [0.25, 0.3) is 11.2 Å². The van der Waals surface area contributed by atoms with Crippen LogP contribution in [0.1, 0.15) is 67.8 Å². The molecule has 0 saturated carbocycles. The molecule has 0 spiro atoms. The summed E-state index contributed by atoms with van der Waals surface area (Å²) in [4.78, 5) is 66.2. The van der Waals surface area contributed by atoms with Gasteiger partial charge in [0.1, 0.15) is 65.5 Å². The van der Waals surface area contributed by atoms with E-state index in [1.54, 1.807) is 76.6 Å². The molecule has 2 saturated heterocycles. The van der Waals surface area contributed by atoms with Gasteiger partial charge in [0, 0.05) is 30.5 Å². The van der Waals surface area contributed by atoms with Crippen LogP contribution in [0.15, 0.2) is 154 Å². The van der Waals surface area contributed by atoms with E-state index in [0.29, 0.717) is 28.2 Å². The quantitative estimate of drug-likeness (QED) is 0.0258. The lowest BCUT2D eigenvalue weighted by molar-refractivity contribution is -0.118. The van der Waals surface area contributed by atoms with Gasteiger partial charge in [0.05, 0.1) is 62.9 Å². The number of ether oxygens (including phenoxy) is 5. The van der Waals surface area contributed by atoms with Crippen molar-refractivity contribution in [1.82, 2.24) is 29.1 Å². The number of imidazole rings is 1. The number of amides is 1. The van der Waals surface area contributed by atoms with Crippen LogP contribution in [0.4, 0.5) is 5.95 Å². The Balaban J connectivity index is 1.04. The third-order valence-electron chi connectivity index (χ3n) is 14.4. The largest absolute Gasteiger partial charge is 0.530 e. The van der Waals surface area contributed by atoms with E-state index in [1.165, 1.54) is 52.8 Å². The smallest absolute Gasteiger partial charge is 0.497 e. The summed E-state index contributed by atoms with van der Waals surface area (Å²) < 4.78 is 102. The SMILES string of the molecule is COc1ccc(C(OC[C@H]2O[C@@H](n3cc(C)c(=O)[nH]c3=O)C[C@@H]2OP(=O)(OC[C@H]2O[C@@H](n3cnc4c(=O)[nH]c(NC(=O)C(C)C)nc43)C[C@@H]2OP(=O)(OCCC#N)Oc2ccccc2Cl)Oc2ccccc2Cl)(c2ccccc2)c2ccc(OC)cc2)cc1. The first-order valence-corrected chi connectivity index (χ1v) is 31.5. The van der Waals surface area contributed by atoms with Gasteiger partial charge in [0.15, 0.2) is 11.2 Å². The monoisotopic (exact) mass is 1300 g/mol. The number of hydrogen-bond acceptors (Lipinski definition) is 20. The van der Waals surface area contributed by atoms with E-state index >= 15 is 4.57 Å². The Morgan fingerprint density at radius 2 is 1.26 bits per heavy atom. The number of rotatable bonds is 26. The molecule has 3 aromatic heterocycles. The Kier molecular flexibility index (Phi) is 20.0. The molecule has 2 fully saturated rings. The number of methoxy groups -OCH3 is 2. The Labute approximate surface area is 518 Å². The minimum Gasteiger partial charge on any atom is -0.497 e. The van der Waals surface area contributed by atoms with Gasteiger partial charge in [-0.25, -0.2) is 18.9 Å². The molecule has 0 aliphatic carbocycles. The van der Waals surface area contributed by atoms with Crippen LogP contribution in [0.2, 0.25) is 10.0 Å². The maximum Gasteiger partial charge on any atom is 0.530 e. The predicted octanol–water partition coefficient (Wildman–Crippen LogP) is 10.6. The Morgan fingerprint density at radius 1 is 0.730 bits per heavy atom. The molecule has 0 radical (unpaired) electrons. The summed E-state index contributed by atoms with van der Waals surface area (Å²) >= 11 is 13.2. The lowest BCUT2D eigenvalue weighted by atomic mass is 9.80. The number of H-pyrrole nitrogens is 2. The highest BCUT2D eigenvalue weighted by Crippen LogP contribution is 2.57. The molecule has 25 nitrogen and oxygen atoms in total. The highest BCUT2D eigenvalue weighted by Gasteiger charge is 2.50. The fourth-order valence-electron chi connectivity index (χ4n) is 9.94. The van der Waals surface area contributed by atoms with E-state index < -0.39 is 100.0 Å². The summed E-state index contributed by atoms with van der Waals surface area (Å²) in [6.07, 6.45) is -6.01. The summed E-state index contributed by atoms with van der Waals surface area (Å²) in [6, 6.07) is 38.0. The van der Waals surface area contributed by atoms with Gasteiger partial charge in [-0.2, -0.15) is 10.2 Å². The van der Waals surface area contributed by atoms with Crippen molar-refractivity contribution in [2.75, 3.05) is 39.4 Å². The molecule has 29 heteroatoms. The molecule has 8 aromatic rings. The van der Waals surface area contributed by atoms with Gasteiger partial charge < -0.3 is 32.7 Å². The molecule has 8 atom stereocenters. The number of phosphoric ester groups is 2. The summed E-state index contributed by atoms with van der Waals surface area (Å²) in [5, 5.41) is 12.1. The number of nitriles is 1. The molecular formula is C60H60Cl2N8O17P2. The van der Waals surface area contributed by atoms with Gasteiger partial charge >= 0.3 is 21.3 Å². The first kappa shape index (κ1) is 64.0. The van der Waals surface area contributed by atoms with Crippen LogP contribution in [0.5, 0.6) is 23.0 Å². The summed E-state index contributed by atoms with van der Waals surface area (Å²) in [5.74, 6) is -0.239. The third-order valence-corrected chi connectivity index (χ3v) is 17.9. The molecule has 0 bridgehead atoms. The number of aromatic amines is 2. The van der Waals surface area contributed by atoms with Gasteiger partial charge in [-0.3, -0.25) is 56.9 Å². The maximum atomic E-state index is 16.0. The number of fused-ring (bicyclic) bond motifs is 1. The van der Waals surface area contributed by atoms with Gasteiger partial charge in [-0.1, -0.05) is 116 Å². The molecule has 89 heavy (non-hydrogen) atoms. The number of halogens is 2. The minimum absolute atomic E-state index is 0.00810. The van der Waals surface area contributed by atoms with E-state index in [4.69, 9.17) is 74.0 Å². The number of hydrogen-bond donors (Lipinski definition) is 3. The lowest BCUT2D eigenvalue weighted by Crippen LogP contribution is -2.38. The zero-order valence-corrected chi connectivity index (χ0v) is 51.7. The van der Waals surface area contributed by atoms with Crippen molar-refractivity contribution in [3.8, 4) is 29.1 Å². The molecule has 2 aliphatic heterocycles. The summed E-state index contributed by atoms with van der Waals surface area (Å²) in [7, 11) is -6.89. The predicted molar refractivity (Wildman–Crippen MR) is 324 cm³/mol. The second kappa shape index (κ2) is 27.8. The van der Waals surface area contributed by atoms with Crippen LogP contribution in [-0.2, 0) is 51.8 Å². The lowest BCUT2D eigenvalue weighted by Gasteiger charge is -2.37. The van der Waals surface area contributed by atoms with Crippen LogP contribution in [0, 0.1) is 24.2 Å². The average molecular weight is 1300 g/mol. The molecule has 10 rings (SSSR count). The number of phosphoric acid groups is 2. The van der Waals surface area contributed by atoms with E-state index in [0.717, 1.165) is 0 Å². The van der Waals surface area contributed by atoms with Gasteiger partial charge in [-0.15, -0.1) is 0 Å². The summed E-state index contributed by atoms with van der Waals surface area (Å²) in [6.45, 7) is 3.26. The van der Waals surface area contributed by atoms with E-state index in [-0.39, 0.29) is 70.1 Å². The second-order valence-corrected chi connectivity index (χ2v) is 24.6. The van der Waals surface area contributed by atoms with Gasteiger partial charge in [-0.05, 0) is 72.1 Å². The van der Waals surface area contributed by atoms with E-state index in [2.05, 4.69) is 25.3 Å². The van der Waals surface area contributed by atoms with Gasteiger partial charge in [0.25, 0.3) is 11.1 Å². The Hall–Kier alpha value is -7.95. The number of aryl methyl sites for hydroxylation is 1. The van der Waals surface area contributed by atoms with Gasteiger partial charge in [0.2, 0.25) is 11.9 Å². The van der Waals surface area contributed by atoms with Crippen molar-refractivity contribution in [3.05, 3.63) is 203 Å². The molecule has 3 N–H and O–H groups in total. The van der Waals surface area contributed by atoms with Crippen molar-refractivity contribution in [2.24, 2.45) is 5.92 Å². The van der Waals surface area contributed by atoms with E-state index in [9.17, 15) is 29.0 Å². The van der Waals surface area contributed by atoms with Crippen molar-refractivity contribution >= 4 is 61.9 Å². The first-order valence-electron chi connectivity index (χ1n) is 27.8. The Morgan fingerprint density at radius 3 is 1.81 bits per heavy atom. The highest BCUT2D eigenvalue weighted by atomic mass is 35.5. The molecule has 5 heterocycles. The van der Waals surface area contributed by atoms with Crippen molar-refractivity contribution < 1.29 is 64.8 Å². The number of aromatic nitrogens is 6. The normalized spacial score (nSPS) is 19.7. The number of nitrogens with one attached hydrogen (secondary N) is 3. The second-order valence-electron chi connectivity index (χ2n) is 20.7. The molecule has 1 amide bonds. The average Bonchev–Trinajstić information content (AvgIpc) is 1.61. The number of para-hydroxylation sites is 2. The third kappa shape index (κ3) is 14.6. The van der Waals surface area contributed by atoms with Crippen LogP contribution >= 0.6 is 38.8 Å². The number of carbonyl (C=O) groups excluding carboxylic acids is 1. The fraction of sp³-hybridized carbons (Fsp3) is 0.317. The van der Waals surface area contributed by atoms with E-state index in [1.807, 2.05) is 60.7 Å². The number of benzene rings is 5. The highest BCUT2D eigenvalue weighted by molar-refractivity contribution is 7.49. The van der Waals surface area contributed by atoms with Crippen LogP contribution in [0.3, 0.4) is 0 Å². The zero-order chi connectivity index (χ0) is 63.0. The molecule has 466 valence electrons. The number of anilines is 1. The Bertz CT molecular complexity index is 4100. The maximum absolute atomic E-state index is 16.0. The standard InChI is InChI=1S/C60H60Cl2N8O17P2/c1-36(2)55(71)66-58-65-54-53(57(73)67-58)64-35-70(54)52-31-48(86-88(75,80-29-13-28-63)84-45-18-11-9-16-43(45)61)50(83-52)34-81-89(76,85-46-19-12-10-17-44(46)62)87-47-30-51(69-32-37(3)56(72)68-59(69)74)82-49(47)33-79-60(38-14-7-6-8-15-38,39-20-24-41(77-4)25-21-39)40-22-26-42(78-5)27-23-40/h6-12,14-27,32,35-36,47-52H,13,29-31,33-34H2,1-5H3,(H,68,72,74)(H2,65,66,67,71,73)/t47-,48-,49+,50+,51+,52+,88?,89?/m0/s1. The number of carbonyl (C=O) groups is 1. The van der Waals surface area contributed by atoms with Crippen LogP contribution in [-0.4, -0.2) is 93.4 Å².